The highest BCUT2D eigenvalue weighted by Gasteiger charge is 2.15. The summed E-state index contributed by atoms with van der Waals surface area (Å²) in [7, 11) is 1.90. The molecule has 0 saturated carbocycles. The van der Waals surface area contributed by atoms with Gasteiger partial charge in [0.1, 0.15) is 0 Å². The van der Waals surface area contributed by atoms with Crippen molar-refractivity contribution in [1.82, 2.24) is 20.3 Å². The number of rotatable bonds is 5. The Bertz CT molecular complexity index is 545. The Hall–Kier alpha value is -1.68. The number of aryl methyl sites for hydroxylation is 3. The molecule has 2 rings (SSSR count). The molecule has 0 radical (unpaired) electrons. The summed E-state index contributed by atoms with van der Waals surface area (Å²) in [4.78, 5) is 0. The first-order valence-corrected chi connectivity index (χ1v) is 6.76. The lowest BCUT2D eigenvalue weighted by Gasteiger charge is -2.20. The fourth-order valence-electron chi connectivity index (χ4n) is 2.37. The third-order valence-electron chi connectivity index (χ3n) is 3.32. The molecule has 0 saturated heterocycles. The number of hydrogen-bond acceptors (Lipinski definition) is 3. The first-order chi connectivity index (χ1) is 9.10. The average Bonchev–Trinajstić information content (AvgIpc) is 2.77. The van der Waals surface area contributed by atoms with E-state index in [1.54, 1.807) is 4.68 Å². The molecule has 0 aliphatic carbocycles. The Morgan fingerprint density at radius 1 is 1.32 bits per heavy atom. The summed E-state index contributed by atoms with van der Waals surface area (Å²) in [6.07, 6.45) is 2.85. The van der Waals surface area contributed by atoms with Gasteiger partial charge in [0, 0.05) is 25.7 Å². The lowest BCUT2D eigenvalue weighted by Crippen LogP contribution is -2.24. The van der Waals surface area contributed by atoms with Crippen LogP contribution in [0, 0.1) is 13.8 Å². The number of nitrogens with zero attached hydrogens (tertiary/aromatic N) is 3. The second-order valence-corrected chi connectivity index (χ2v) is 5.06. The van der Waals surface area contributed by atoms with Crippen LogP contribution in [0.25, 0.3) is 0 Å². The largest absolute Gasteiger partial charge is 0.310 e. The van der Waals surface area contributed by atoms with Crippen LogP contribution in [0.5, 0.6) is 0 Å². The van der Waals surface area contributed by atoms with Gasteiger partial charge in [0.05, 0.1) is 5.69 Å². The Labute approximate surface area is 114 Å². The third-order valence-corrected chi connectivity index (χ3v) is 3.32. The van der Waals surface area contributed by atoms with E-state index in [0.717, 1.165) is 18.7 Å². The van der Waals surface area contributed by atoms with Gasteiger partial charge in [-0.1, -0.05) is 35.9 Å². The standard InChI is InChI=1S/C15H22N4/c1-5-16-15(9-13-10-19(4)18-17-13)14-8-11(2)6-7-12(14)3/h6-8,10,15-16H,5,9H2,1-4H3. The Morgan fingerprint density at radius 3 is 2.74 bits per heavy atom. The predicted molar refractivity (Wildman–Crippen MR) is 77.0 cm³/mol. The molecule has 1 unspecified atom stereocenters. The maximum Gasteiger partial charge on any atom is 0.0845 e. The van der Waals surface area contributed by atoms with Gasteiger partial charge >= 0.3 is 0 Å². The van der Waals surface area contributed by atoms with E-state index in [1.807, 2.05) is 13.2 Å². The summed E-state index contributed by atoms with van der Waals surface area (Å²) in [6, 6.07) is 6.90. The molecule has 0 spiro atoms. The van der Waals surface area contributed by atoms with E-state index in [0.29, 0.717) is 6.04 Å². The van der Waals surface area contributed by atoms with E-state index in [-0.39, 0.29) is 0 Å². The van der Waals surface area contributed by atoms with E-state index in [2.05, 4.69) is 54.6 Å². The molecule has 0 amide bonds. The predicted octanol–water partition coefficient (Wildman–Crippen LogP) is 2.33. The molecule has 19 heavy (non-hydrogen) atoms. The average molecular weight is 258 g/mol. The molecule has 4 nitrogen and oxygen atoms in total. The minimum atomic E-state index is 0.293. The van der Waals surface area contributed by atoms with Crippen molar-refractivity contribution >= 4 is 0 Å². The molecular weight excluding hydrogens is 236 g/mol. The van der Waals surface area contributed by atoms with Gasteiger partial charge in [-0.05, 0) is 31.5 Å². The molecule has 2 aromatic rings. The lowest BCUT2D eigenvalue weighted by molar-refractivity contribution is 0.541. The number of aromatic nitrogens is 3. The third kappa shape index (κ3) is 3.41. The molecule has 1 atom stereocenters. The fraction of sp³-hybridized carbons (Fsp3) is 0.467. The van der Waals surface area contributed by atoms with Crippen molar-refractivity contribution in [3.63, 3.8) is 0 Å². The molecule has 1 heterocycles. The number of likely N-dealkylation sites (N-methyl/N-ethyl adjacent to an activating group) is 1. The highest BCUT2D eigenvalue weighted by Crippen LogP contribution is 2.22. The lowest BCUT2D eigenvalue weighted by atomic mass is 9.96. The van der Waals surface area contributed by atoms with E-state index in [9.17, 15) is 0 Å². The Morgan fingerprint density at radius 2 is 2.11 bits per heavy atom. The van der Waals surface area contributed by atoms with Crippen molar-refractivity contribution in [2.45, 2.75) is 33.2 Å². The zero-order valence-electron chi connectivity index (χ0n) is 12.1. The van der Waals surface area contributed by atoms with Gasteiger partial charge in [-0.15, -0.1) is 5.10 Å². The van der Waals surface area contributed by atoms with E-state index in [1.165, 1.54) is 16.7 Å². The molecule has 102 valence electrons. The van der Waals surface area contributed by atoms with Gasteiger partial charge in [-0.3, -0.25) is 4.68 Å². The highest BCUT2D eigenvalue weighted by atomic mass is 15.4. The van der Waals surface area contributed by atoms with Crippen LogP contribution < -0.4 is 5.32 Å². The molecule has 1 aromatic carbocycles. The van der Waals surface area contributed by atoms with Gasteiger partial charge in [-0.25, -0.2) is 0 Å². The SMILES string of the molecule is CCNC(Cc1cn(C)nn1)c1cc(C)ccc1C. The van der Waals surface area contributed by atoms with E-state index < -0.39 is 0 Å². The second kappa shape index (κ2) is 5.97. The molecular formula is C15H22N4. The monoisotopic (exact) mass is 258 g/mol. The van der Waals surface area contributed by atoms with Crippen LogP contribution in [0.1, 0.15) is 35.3 Å². The zero-order chi connectivity index (χ0) is 13.8. The van der Waals surface area contributed by atoms with Crippen molar-refractivity contribution in [2.24, 2.45) is 7.05 Å². The van der Waals surface area contributed by atoms with Crippen molar-refractivity contribution in [3.8, 4) is 0 Å². The summed E-state index contributed by atoms with van der Waals surface area (Å²) in [6.45, 7) is 7.37. The van der Waals surface area contributed by atoms with E-state index >= 15 is 0 Å². The first kappa shape index (κ1) is 13.7. The van der Waals surface area contributed by atoms with Gasteiger partial charge in [0.2, 0.25) is 0 Å². The number of hydrogen-bond donors (Lipinski definition) is 1. The van der Waals surface area contributed by atoms with Gasteiger partial charge in [-0.2, -0.15) is 0 Å². The molecule has 0 aliphatic heterocycles. The van der Waals surface area contributed by atoms with Crippen molar-refractivity contribution in [2.75, 3.05) is 6.54 Å². The molecule has 0 bridgehead atoms. The zero-order valence-corrected chi connectivity index (χ0v) is 12.1. The van der Waals surface area contributed by atoms with Crippen LogP contribution in [0.3, 0.4) is 0 Å². The topological polar surface area (TPSA) is 42.7 Å². The van der Waals surface area contributed by atoms with Crippen molar-refractivity contribution in [3.05, 3.63) is 46.8 Å². The fourth-order valence-corrected chi connectivity index (χ4v) is 2.37. The minimum absolute atomic E-state index is 0.293. The Kier molecular flexibility index (Phi) is 4.32. The number of nitrogens with one attached hydrogen (secondary N) is 1. The summed E-state index contributed by atoms with van der Waals surface area (Å²) >= 11 is 0. The molecule has 0 fully saturated rings. The quantitative estimate of drug-likeness (QED) is 0.895. The summed E-state index contributed by atoms with van der Waals surface area (Å²) in [5, 5.41) is 11.7. The number of benzene rings is 1. The van der Waals surface area contributed by atoms with Crippen LogP contribution in [0.2, 0.25) is 0 Å². The summed E-state index contributed by atoms with van der Waals surface area (Å²) < 4.78 is 1.75. The van der Waals surface area contributed by atoms with Crippen LogP contribution in [-0.2, 0) is 13.5 Å². The van der Waals surface area contributed by atoms with E-state index in [4.69, 9.17) is 0 Å². The maximum atomic E-state index is 4.19. The summed E-state index contributed by atoms with van der Waals surface area (Å²) in [5.41, 5.74) is 4.99. The van der Waals surface area contributed by atoms with Crippen LogP contribution >= 0.6 is 0 Å². The minimum Gasteiger partial charge on any atom is -0.310 e. The second-order valence-electron chi connectivity index (χ2n) is 5.06. The van der Waals surface area contributed by atoms with Crippen LogP contribution in [0.4, 0.5) is 0 Å². The summed E-state index contributed by atoms with van der Waals surface area (Å²) in [5.74, 6) is 0. The van der Waals surface area contributed by atoms with Crippen LogP contribution in [-0.4, -0.2) is 21.5 Å². The van der Waals surface area contributed by atoms with Crippen molar-refractivity contribution < 1.29 is 0 Å². The van der Waals surface area contributed by atoms with Crippen LogP contribution in [0.15, 0.2) is 24.4 Å². The van der Waals surface area contributed by atoms with Gasteiger partial charge in [0.15, 0.2) is 0 Å². The Balaban J connectivity index is 2.26. The van der Waals surface area contributed by atoms with Crippen molar-refractivity contribution in [1.29, 1.82) is 0 Å². The normalized spacial score (nSPS) is 12.6. The molecule has 1 aromatic heterocycles. The molecule has 1 N–H and O–H groups in total. The first-order valence-electron chi connectivity index (χ1n) is 6.76. The van der Waals surface area contributed by atoms with Gasteiger partial charge < -0.3 is 5.32 Å². The van der Waals surface area contributed by atoms with Gasteiger partial charge in [0.25, 0.3) is 0 Å². The smallest absolute Gasteiger partial charge is 0.0845 e. The molecule has 4 heteroatoms. The molecule has 0 aliphatic rings. The highest BCUT2D eigenvalue weighted by molar-refractivity contribution is 5.33. The maximum absolute atomic E-state index is 4.19.